The SMILES string of the molecule is Cc1cc(C)cc(NC(=O)COc2ccc(S(=O)(=O)Nc3ccc(F)cc3)cc2)c1. The van der Waals surface area contributed by atoms with Crippen molar-refractivity contribution in [2.24, 2.45) is 0 Å². The normalized spacial score (nSPS) is 11.0. The Balaban J connectivity index is 1.58. The first-order chi connectivity index (χ1) is 14.2. The highest BCUT2D eigenvalue weighted by molar-refractivity contribution is 7.92. The Bertz CT molecular complexity index is 1120. The molecule has 0 atom stereocenters. The Morgan fingerprint density at radius 2 is 1.50 bits per heavy atom. The number of carbonyl (C=O) groups is 1. The van der Waals surface area contributed by atoms with E-state index in [4.69, 9.17) is 4.74 Å². The average molecular weight is 428 g/mol. The number of carbonyl (C=O) groups excluding carboxylic acids is 1. The van der Waals surface area contributed by atoms with Crippen LogP contribution in [0.3, 0.4) is 0 Å². The number of hydrogen-bond acceptors (Lipinski definition) is 4. The molecule has 0 saturated carbocycles. The van der Waals surface area contributed by atoms with Crippen molar-refractivity contribution < 1.29 is 22.3 Å². The van der Waals surface area contributed by atoms with Crippen LogP contribution in [0.25, 0.3) is 0 Å². The van der Waals surface area contributed by atoms with Gasteiger partial charge in [-0.1, -0.05) is 6.07 Å². The van der Waals surface area contributed by atoms with E-state index in [0.717, 1.165) is 23.3 Å². The standard InChI is InChI=1S/C22H21FN2O4S/c1-15-11-16(2)13-19(12-15)24-22(26)14-29-20-7-9-21(10-8-20)30(27,28)25-18-5-3-17(23)4-6-18/h3-13,25H,14H2,1-2H3,(H,24,26). The van der Waals surface area contributed by atoms with Gasteiger partial charge in [-0.3, -0.25) is 9.52 Å². The summed E-state index contributed by atoms with van der Waals surface area (Å²) in [6, 6.07) is 16.4. The van der Waals surface area contributed by atoms with E-state index in [1.807, 2.05) is 32.0 Å². The number of sulfonamides is 1. The number of rotatable bonds is 7. The summed E-state index contributed by atoms with van der Waals surface area (Å²) < 4.78 is 45.6. The van der Waals surface area contributed by atoms with Crippen molar-refractivity contribution >= 4 is 27.3 Å². The van der Waals surface area contributed by atoms with Crippen LogP contribution in [-0.2, 0) is 14.8 Å². The second-order valence-electron chi connectivity index (χ2n) is 6.80. The number of benzene rings is 3. The molecule has 3 aromatic carbocycles. The van der Waals surface area contributed by atoms with Crippen LogP contribution in [0.4, 0.5) is 15.8 Å². The molecule has 3 rings (SSSR count). The zero-order valence-electron chi connectivity index (χ0n) is 16.5. The van der Waals surface area contributed by atoms with Crippen LogP contribution in [0.15, 0.2) is 71.6 Å². The topological polar surface area (TPSA) is 84.5 Å². The molecule has 0 unspecified atom stereocenters. The molecular weight excluding hydrogens is 407 g/mol. The summed E-state index contributed by atoms with van der Waals surface area (Å²) in [6.07, 6.45) is 0. The maximum absolute atomic E-state index is 13.0. The zero-order valence-corrected chi connectivity index (χ0v) is 17.3. The van der Waals surface area contributed by atoms with E-state index >= 15 is 0 Å². The van der Waals surface area contributed by atoms with Crippen molar-refractivity contribution in [3.63, 3.8) is 0 Å². The van der Waals surface area contributed by atoms with Crippen molar-refractivity contribution in [1.82, 2.24) is 0 Å². The Morgan fingerprint density at radius 3 is 2.10 bits per heavy atom. The van der Waals surface area contributed by atoms with Crippen molar-refractivity contribution in [2.75, 3.05) is 16.6 Å². The third-order valence-corrected chi connectivity index (χ3v) is 5.50. The van der Waals surface area contributed by atoms with Crippen LogP contribution in [-0.4, -0.2) is 20.9 Å². The number of halogens is 1. The zero-order chi connectivity index (χ0) is 21.7. The van der Waals surface area contributed by atoms with Crippen LogP contribution in [0.2, 0.25) is 0 Å². The third-order valence-electron chi connectivity index (χ3n) is 4.11. The number of ether oxygens (including phenoxy) is 1. The molecule has 0 bridgehead atoms. The molecule has 0 saturated heterocycles. The second-order valence-corrected chi connectivity index (χ2v) is 8.48. The molecule has 2 N–H and O–H groups in total. The molecular formula is C22H21FN2O4S. The summed E-state index contributed by atoms with van der Waals surface area (Å²) in [6.45, 7) is 3.67. The predicted octanol–water partition coefficient (Wildman–Crippen LogP) is 4.26. The number of aryl methyl sites for hydroxylation is 2. The molecule has 0 spiro atoms. The van der Waals surface area contributed by atoms with Gasteiger partial charge in [0.2, 0.25) is 0 Å². The first-order valence-electron chi connectivity index (χ1n) is 9.11. The van der Waals surface area contributed by atoms with Crippen LogP contribution in [0, 0.1) is 19.7 Å². The highest BCUT2D eigenvalue weighted by Crippen LogP contribution is 2.20. The van der Waals surface area contributed by atoms with Crippen molar-refractivity contribution in [3.05, 3.63) is 83.7 Å². The monoisotopic (exact) mass is 428 g/mol. The maximum Gasteiger partial charge on any atom is 0.262 e. The summed E-state index contributed by atoms with van der Waals surface area (Å²) in [7, 11) is -3.83. The molecule has 156 valence electrons. The van der Waals surface area contributed by atoms with E-state index in [2.05, 4.69) is 10.0 Å². The van der Waals surface area contributed by atoms with Gasteiger partial charge in [-0.2, -0.15) is 0 Å². The van der Waals surface area contributed by atoms with Crippen molar-refractivity contribution in [3.8, 4) is 5.75 Å². The Kier molecular flexibility index (Phi) is 6.37. The highest BCUT2D eigenvalue weighted by Gasteiger charge is 2.14. The van der Waals surface area contributed by atoms with E-state index < -0.39 is 15.8 Å². The largest absolute Gasteiger partial charge is 0.484 e. The summed E-state index contributed by atoms with van der Waals surface area (Å²) in [5, 5.41) is 2.76. The number of amides is 1. The Morgan fingerprint density at radius 1 is 0.900 bits per heavy atom. The Hall–Kier alpha value is -3.39. The molecule has 6 nitrogen and oxygen atoms in total. The van der Waals surface area contributed by atoms with Gasteiger partial charge in [0.1, 0.15) is 11.6 Å². The van der Waals surface area contributed by atoms with Crippen LogP contribution < -0.4 is 14.8 Å². The van der Waals surface area contributed by atoms with Gasteiger partial charge in [-0.05, 0) is 85.6 Å². The fourth-order valence-corrected chi connectivity index (χ4v) is 3.90. The molecule has 0 heterocycles. The third kappa shape index (κ3) is 5.81. The minimum Gasteiger partial charge on any atom is -0.484 e. The first kappa shape index (κ1) is 21.3. The van der Waals surface area contributed by atoms with E-state index in [-0.39, 0.29) is 23.1 Å². The first-order valence-corrected chi connectivity index (χ1v) is 10.6. The molecule has 30 heavy (non-hydrogen) atoms. The molecule has 0 aromatic heterocycles. The van der Waals surface area contributed by atoms with Gasteiger partial charge >= 0.3 is 0 Å². The molecule has 0 aliphatic heterocycles. The van der Waals surface area contributed by atoms with E-state index in [1.165, 1.54) is 36.4 Å². The van der Waals surface area contributed by atoms with Gasteiger partial charge in [0.05, 0.1) is 4.90 Å². The summed E-state index contributed by atoms with van der Waals surface area (Å²) in [5.74, 6) is -0.429. The fourth-order valence-electron chi connectivity index (χ4n) is 2.84. The van der Waals surface area contributed by atoms with Crippen molar-refractivity contribution in [2.45, 2.75) is 18.7 Å². The van der Waals surface area contributed by atoms with E-state index in [9.17, 15) is 17.6 Å². The molecule has 1 amide bonds. The molecule has 0 aliphatic carbocycles. The summed E-state index contributed by atoms with van der Waals surface area (Å²) >= 11 is 0. The molecule has 0 radical (unpaired) electrons. The quantitative estimate of drug-likeness (QED) is 0.589. The van der Waals surface area contributed by atoms with E-state index in [1.54, 1.807) is 0 Å². The van der Waals surface area contributed by atoms with Gasteiger partial charge in [-0.15, -0.1) is 0 Å². The van der Waals surface area contributed by atoms with Gasteiger partial charge in [0.15, 0.2) is 6.61 Å². The second kappa shape index (κ2) is 8.96. The molecule has 0 aliphatic rings. The highest BCUT2D eigenvalue weighted by atomic mass is 32.2. The lowest BCUT2D eigenvalue weighted by Gasteiger charge is -2.10. The number of hydrogen-bond donors (Lipinski definition) is 2. The minimum atomic E-state index is -3.83. The number of anilines is 2. The lowest BCUT2D eigenvalue weighted by atomic mass is 10.1. The fraction of sp³-hybridized carbons (Fsp3) is 0.136. The number of nitrogens with one attached hydrogen (secondary N) is 2. The van der Waals surface area contributed by atoms with Gasteiger partial charge < -0.3 is 10.1 Å². The van der Waals surface area contributed by atoms with Crippen LogP contribution in [0.5, 0.6) is 5.75 Å². The van der Waals surface area contributed by atoms with Crippen LogP contribution in [0.1, 0.15) is 11.1 Å². The Labute approximate surface area is 174 Å². The lowest BCUT2D eigenvalue weighted by Crippen LogP contribution is -2.20. The summed E-state index contributed by atoms with van der Waals surface area (Å²) in [4.78, 5) is 12.1. The summed E-state index contributed by atoms with van der Waals surface area (Å²) in [5.41, 5.74) is 3.02. The smallest absolute Gasteiger partial charge is 0.262 e. The van der Waals surface area contributed by atoms with Crippen molar-refractivity contribution in [1.29, 1.82) is 0 Å². The predicted molar refractivity (Wildman–Crippen MR) is 114 cm³/mol. The van der Waals surface area contributed by atoms with E-state index in [0.29, 0.717) is 11.4 Å². The molecule has 3 aromatic rings. The lowest BCUT2D eigenvalue weighted by molar-refractivity contribution is -0.118. The molecule has 0 fully saturated rings. The molecule has 8 heteroatoms. The minimum absolute atomic E-state index is 0.0128. The van der Waals surface area contributed by atoms with Gasteiger partial charge in [0, 0.05) is 11.4 Å². The average Bonchev–Trinajstić information content (AvgIpc) is 2.67. The van der Waals surface area contributed by atoms with Gasteiger partial charge in [0.25, 0.3) is 15.9 Å². The van der Waals surface area contributed by atoms with Crippen LogP contribution >= 0.6 is 0 Å². The van der Waals surface area contributed by atoms with Gasteiger partial charge in [-0.25, -0.2) is 12.8 Å². The maximum atomic E-state index is 13.0.